The smallest absolute Gasteiger partial charge is 0.282 e. The Morgan fingerprint density at radius 3 is 2.73 bits per heavy atom. The zero-order valence-electron chi connectivity index (χ0n) is 5.07. The summed E-state index contributed by atoms with van der Waals surface area (Å²) in [6.45, 7) is 0. The SMILES string of the molecule is O=S(=O)(NO)c1nc[nH]c1Cl. The van der Waals surface area contributed by atoms with Crippen LogP contribution in [0.15, 0.2) is 11.4 Å². The molecule has 11 heavy (non-hydrogen) atoms. The van der Waals surface area contributed by atoms with Crippen molar-refractivity contribution in [1.29, 1.82) is 0 Å². The molecule has 1 heterocycles. The van der Waals surface area contributed by atoms with Crippen LogP contribution in [0.5, 0.6) is 0 Å². The van der Waals surface area contributed by atoms with Crippen molar-refractivity contribution in [3.05, 3.63) is 11.5 Å². The van der Waals surface area contributed by atoms with Gasteiger partial charge in [-0.2, -0.15) is 0 Å². The van der Waals surface area contributed by atoms with Crippen LogP contribution in [0.3, 0.4) is 0 Å². The maximum absolute atomic E-state index is 10.8. The van der Waals surface area contributed by atoms with Crippen LogP contribution >= 0.6 is 11.6 Å². The van der Waals surface area contributed by atoms with Crippen LogP contribution < -0.4 is 4.89 Å². The maximum Gasteiger partial charge on any atom is 0.282 e. The topological polar surface area (TPSA) is 95.1 Å². The normalized spacial score (nSPS) is 11.8. The van der Waals surface area contributed by atoms with Crippen molar-refractivity contribution < 1.29 is 13.6 Å². The molecule has 0 aliphatic rings. The van der Waals surface area contributed by atoms with Crippen LogP contribution in [0.4, 0.5) is 0 Å². The van der Waals surface area contributed by atoms with Crippen LogP contribution in [0.1, 0.15) is 0 Å². The summed E-state index contributed by atoms with van der Waals surface area (Å²) in [4.78, 5) is 6.78. The van der Waals surface area contributed by atoms with Gasteiger partial charge in [-0.1, -0.05) is 16.5 Å². The van der Waals surface area contributed by atoms with Gasteiger partial charge in [-0.15, -0.1) is 0 Å². The van der Waals surface area contributed by atoms with E-state index in [4.69, 9.17) is 16.8 Å². The molecule has 0 atom stereocenters. The highest BCUT2D eigenvalue weighted by atomic mass is 35.5. The highest BCUT2D eigenvalue weighted by Crippen LogP contribution is 2.14. The van der Waals surface area contributed by atoms with Gasteiger partial charge in [0.2, 0.25) is 5.03 Å². The highest BCUT2D eigenvalue weighted by Gasteiger charge is 2.19. The summed E-state index contributed by atoms with van der Waals surface area (Å²) in [6.07, 6.45) is 1.10. The Morgan fingerprint density at radius 2 is 2.36 bits per heavy atom. The monoisotopic (exact) mass is 197 g/mol. The Labute approximate surface area is 67.2 Å². The van der Waals surface area contributed by atoms with Crippen molar-refractivity contribution in [2.75, 3.05) is 0 Å². The van der Waals surface area contributed by atoms with Gasteiger partial charge in [0.25, 0.3) is 10.0 Å². The van der Waals surface area contributed by atoms with E-state index in [1.807, 2.05) is 0 Å². The van der Waals surface area contributed by atoms with Gasteiger partial charge in [0.1, 0.15) is 5.15 Å². The number of nitrogens with one attached hydrogen (secondary N) is 2. The molecule has 0 saturated carbocycles. The number of nitrogens with zero attached hydrogens (tertiary/aromatic N) is 1. The highest BCUT2D eigenvalue weighted by molar-refractivity contribution is 7.89. The van der Waals surface area contributed by atoms with Gasteiger partial charge in [0.05, 0.1) is 6.33 Å². The summed E-state index contributed by atoms with van der Waals surface area (Å²) < 4.78 is 21.5. The minimum Gasteiger partial charge on any atom is -0.334 e. The molecule has 8 heteroatoms. The lowest BCUT2D eigenvalue weighted by atomic mass is 10.9. The third kappa shape index (κ3) is 1.51. The Morgan fingerprint density at radius 1 is 1.73 bits per heavy atom. The molecule has 3 N–H and O–H groups in total. The second-order valence-corrected chi connectivity index (χ2v) is 3.57. The average molecular weight is 198 g/mol. The van der Waals surface area contributed by atoms with Gasteiger partial charge < -0.3 is 10.2 Å². The van der Waals surface area contributed by atoms with E-state index in [0.717, 1.165) is 11.2 Å². The van der Waals surface area contributed by atoms with E-state index in [1.165, 1.54) is 0 Å². The Bertz CT molecular complexity index is 344. The Balaban J connectivity index is 3.22. The molecule has 0 spiro atoms. The number of halogens is 1. The van der Waals surface area contributed by atoms with Crippen LogP contribution in [0.25, 0.3) is 0 Å². The molecule has 0 aliphatic carbocycles. The van der Waals surface area contributed by atoms with Crippen LogP contribution in [0.2, 0.25) is 5.15 Å². The second kappa shape index (κ2) is 2.78. The van der Waals surface area contributed by atoms with E-state index < -0.39 is 15.0 Å². The van der Waals surface area contributed by atoms with Crippen LogP contribution in [-0.2, 0) is 10.0 Å². The Hall–Kier alpha value is -0.630. The van der Waals surface area contributed by atoms with Crippen LogP contribution in [0, 0.1) is 0 Å². The largest absolute Gasteiger partial charge is 0.334 e. The number of imidazole rings is 1. The molecule has 0 saturated heterocycles. The predicted molar refractivity (Wildman–Crippen MR) is 35.7 cm³/mol. The molecule has 1 rings (SSSR count). The zero-order valence-corrected chi connectivity index (χ0v) is 6.65. The molecule has 0 aromatic carbocycles. The second-order valence-electron chi connectivity index (χ2n) is 1.62. The first-order valence-electron chi connectivity index (χ1n) is 2.42. The molecule has 1 aromatic heterocycles. The zero-order chi connectivity index (χ0) is 8.48. The first-order chi connectivity index (χ1) is 5.08. The lowest BCUT2D eigenvalue weighted by Crippen LogP contribution is -2.19. The van der Waals surface area contributed by atoms with Gasteiger partial charge in [-0.25, -0.2) is 13.4 Å². The van der Waals surface area contributed by atoms with E-state index in [1.54, 1.807) is 0 Å². The predicted octanol–water partition coefficient (Wildman–Crippen LogP) is -0.269. The summed E-state index contributed by atoms with van der Waals surface area (Å²) in [5.74, 6) is 0. The molecule has 0 amide bonds. The van der Waals surface area contributed by atoms with Crippen molar-refractivity contribution in [3.8, 4) is 0 Å². The molecule has 0 aliphatic heterocycles. The van der Waals surface area contributed by atoms with Gasteiger partial charge in [-0.3, -0.25) is 0 Å². The standard InChI is InChI=1S/C3H4ClN3O3S/c4-2-3(6-1-5-2)11(9,10)7-8/h1,7-8H,(H,5,6). The van der Waals surface area contributed by atoms with Crippen molar-refractivity contribution in [2.45, 2.75) is 5.03 Å². The summed E-state index contributed by atoms with van der Waals surface area (Å²) in [7, 11) is -3.95. The van der Waals surface area contributed by atoms with Crippen molar-refractivity contribution in [1.82, 2.24) is 14.9 Å². The van der Waals surface area contributed by atoms with Gasteiger partial charge in [0, 0.05) is 0 Å². The van der Waals surface area contributed by atoms with Crippen molar-refractivity contribution in [2.24, 2.45) is 0 Å². The summed E-state index contributed by atoms with van der Waals surface area (Å²) >= 11 is 5.35. The van der Waals surface area contributed by atoms with Gasteiger partial charge in [-0.05, 0) is 0 Å². The van der Waals surface area contributed by atoms with Gasteiger partial charge >= 0.3 is 0 Å². The lowest BCUT2D eigenvalue weighted by Gasteiger charge is -1.94. The summed E-state index contributed by atoms with van der Waals surface area (Å²) in [5.41, 5.74) is 0. The number of hydrogen-bond acceptors (Lipinski definition) is 4. The molecule has 0 radical (unpaired) electrons. The molecule has 0 fully saturated rings. The first kappa shape index (κ1) is 8.47. The van der Waals surface area contributed by atoms with E-state index in [2.05, 4.69) is 9.97 Å². The minimum atomic E-state index is -3.95. The third-order valence-corrected chi connectivity index (χ3v) is 2.39. The summed E-state index contributed by atoms with van der Waals surface area (Å²) in [6, 6.07) is 0. The fraction of sp³-hybridized carbons (Fsp3) is 0. The maximum atomic E-state index is 10.8. The number of aromatic amines is 1. The first-order valence-corrected chi connectivity index (χ1v) is 4.29. The number of H-pyrrole nitrogens is 1. The molecule has 0 bridgehead atoms. The fourth-order valence-corrected chi connectivity index (χ4v) is 1.47. The molecule has 1 aromatic rings. The quantitative estimate of drug-likeness (QED) is 0.569. The van der Waals surface area contributed by atoms with Crippen molar-refractivity contribution in [3.63, 3.8) is 0 Å². The minimum absolute atomic E-state index is 0.147. The molecular formula is C3H4ClN3O3S. The summed E-state index contributed by atoms with van der Waals surface area (Å²) in [5, 5.41) is 7.56. The lowest BCUT2D eigenvalue weighted by molar-refractivity contribution is 0.242. The number of hydrogen-bond donors (Lipinski definition) is 3. The van der Waals surface area contributed by atoms with E-state index in [9.17, 15) is 8.42 Å². The number of aromatic nitrogens is 2. The third-order valence-electron chi connectivity index (χ3n) is 0.936. The van der Waals surface area contributed by atoms with Crippen LogP contribution in [-0.4, -0.2) is 23.6 Å². The number of rotatable bonds is 2. The van der Waals surface area contributed by atoms with E-state index >= 15 is 0 Å². The Kier molecular flexibility index (Phi) is 2.14. The van der Waals surface area contributed by atoms with Gasteiger partial charge in [0.15, 0.2) is 0 Å². The molecule has 0 unspecified atom stereocenters. The van der Waals surface area contributed by atoms with E-state index in [0.29, 0.717) is 0 Å². The van der Waals surface area contributed by atoms with E-state index in [-0.39, 0.29) is 5.15 Å². The van der Waals surface area contributed by atoms with Crippen molar-refractivity contribution >= 4 is 21.6 Å². The average Bonchev–Trinajstić information content (AvgIpc) is 2.36. The fourth-order valence-electron chi connectivity index (χ4n) is 0.497. The molecule has 6 nitrogen and oxygen atoms in total. The number of sulfonamides is 1. The molecular weight excluding hydrogens is 194 g/mol. The molecule has 62 valence electrons.